The van der Waals surface area contributed by atoms with Crippen LogP contribution in [0.1, 0.15) is 45.4 Å². The first-order valence-electron chi connectivity index (χ1n) is 9.03. The Balaban J connectivity index is 1.66. The van der Waals surface area contributed by atoms with E-state index in [9.17, 15) is 9.59 Å². The monoisotopic (exact) mass is 363 g/mol. The first kappa shape index (κ1) is 17.3. The largest absolute Gasteiger partial charge is 0.481 e. The molecule has 4 rings (SSSR count). The first-order chi connectivity index (χ1) is 13.1. The van der Waals surface area contributed by atoms with Crippen molar-refractivity contribution in [2.75, 3.05) is 12.4 Å². The molecule has 1 heterocycles. The van der Waals surface area contributed by atoms with E-state index < -0.39 is 5.97 Å². The number of methoxy groups -OCH3 is 1. The number of aliphatic carboxylic acids is 1. The fraction of sp³-hybridized carbons (Fsp3) is 0.273. The Bertz CT molecular complexity index is 916. The van der Waals surface area contributed by atoms with Crippen molar-refractivity contribution >= 4 is 17.6 Å². The number of fused-ring (bicyclic) bond motifs is 3. The molecule has 0 unspecified atom stereocenters. The van der Waals surface area contributed by atoms with Crippen LogP contribution in [-0.2, 0) is 16.0 Å². The van der Waals surface area contributed by atoms with Gasteiger partial charge >= 0.3 is 11.9 Å². The second-order valence-corrected chi connectivity index (χ2v) is 7.08. The first-order valence-corrected chi connectivity index (χ1v) is 9.03. The van der Waals surface area contributed by atoms with Gasteiger partial charge in [-0.25, -0.2) is 4.79 Å². The minimum Gasteiger partial charge on any atom is -0.481 e. The minimum absolute atomic E-state index is 0.0345. The van der Waals surface area contributed by atoms with E-state index in [-0.39, 0.29) is 24.3 Å². The number of esters is 1. The molecule has 138 valence electrons. The van der Waals surface area contributed by atoms with Gasteiger partial charge in [-0.3, -0.25) is 4.79 Å². The molecular formula is C22H21NO4. The van der Waals surface area contributed by atoms with Gasteiger partial charge in [0.2, 0.25) is 0 Å². The molecule has 2 aromatic carbocycles. The summed E-state index contributed by atoms with van der Waals surface area (Å²) in [5, 5.41) is 12.7. The molecule has 0 spiro atoms. The highest BCUT2D eigenvalue weighted by atomic mass is 16.5. The molecule has 1 aliphatic carbocycles. The summed E-state index contributed by atoms with van der Waals surface area (Å²) in [6.45, 7) is 0. The van der Waals surface area contributed by atoms with Crippen molar-refractivity contribution in [1.82, 2.24) is 0 Å². The van der Waals surface area contributed by atoms with E-state index in [2.05, 4.69) is 17.5 Å². The average molecular weight is 363 g/mol. The zero-order chi connectivity index (χ0) is 19.0. The molecular weight excluding hydrogens is 342 g/mol. The molecule has 0 amide bonds. The fourth-order valence-corrected chi connectivity index (χ4v) is 4.20. The number of ether oxygens (including phenoxy) is 1. The lowest BCUT2D eigenvalue weighted by Crippen LogP contribution is -2.29. The van der Waals surface area contributed by atoms with Gasteiger partial charge in [-0.1, -0.05) is 36.4 Å². The van der Waals surface area contributed by atoms with Crippen LogP contribution in [-0.4, -0.2) is 24.2 Å². The van der Waals surface area contributed by atoms with E-state index in [1.807, 2.05) is 30.3 Å². The second kappa shape index (κ2) is 6.91. The standard InChI is InChI=1S/C22H21NO4/c1-27-22(26)15-8-6-14(7-9-15)21-17-4-2-3-16(17)18-11-13(12-20(24)25)5-10-19(18)23-21/h2-3,5-11,16-17,21,23H,4,12H2,1H3,(H,24,25)/t16-,17-,21-/m1/s1. The molecule has 27 heavy (non-hydrogen) atoms. The van der Waals surface area contributed by atoms with Crippen LogP contribution >= 0.6 is 0 Å². The van der Waals surface area contributed by atoms with Crippen LogP contribution in [0, 0.1) is 5.92 Å². The van der Waals surface area contributed by atoms with Crippen molar-refractivity contribution in [3.05, 3.63) is 76.9 Å². The third-order valence-corrected chi connectivity index (χ3v) is 5.47. The van der Waals surface area contributed by atoms with Gasteiger partial charge in [0.05, 0.1) is 25.1 Å². The summed E-state index contributed by atoms with van der Waals surface area (Å²) < 4.78 is 4.77. The number of nitrogens with one attached hydrogen (secondary N) is 1. The summed E-state index contributed by atoms with van der Waals surface area (Å²) in [4.78, 5) is 22.7. The van der Waals surface area contributed by atoms with Crippen molar-refractivity contribution in [3.8, 4) is 0 Å². The van der Waals surface area contributed by atoms with Crippen molar-refractivity contribution in [2.45, 2.75) is 24.8 Å². The van der Waals surface area contributed by atoms with Gasteiger partial charge in [-0.15, -0.1) is 0 Å². The molecule has 2 aliphatic rings. The van der Waals surface area contributed by atoms with E-state index in [1.54, 1.807) is 12.1 Å². The number of anilines is 1. The van der Waals surface area contributed by atoms with E-state index >= 15 is 0 Å². The van der Waals surface area contributed by atoms with Gasteiger partial charge < -0.3 is 15.2 Å². The lowest BCUT2D eigenvalue weighted by Gasteiger charge is -2.37. The molecule has 0 aromatic heterocycles. The van der Waals surface area contributed by atoms with E-state index in [0.29, 0.717) is 11.5 Å². The fourth-order valence-electron chi connectivity index (χ4n) is 4.20. The SMILES string of the molecule is COC(=O)c1ccc([C@H]2Nc3ccc(CC(=O)O)cc3[C@@H]3C=CC[C@@H]23)cc1. The summed E-state index contributed by atoms with van der Waals surface area (Å²) in [7, 11) is 1.38. The predicted molar refractivity (Wildman–Crippen MR) is 102 cm³/mol. The molecule has 0 saturated carbocycles. The number of carbonyl (C=O) groups is 2. The molecule has 2 aromatic rings. The van der Waals surface area contributed by atoms with Gasteiger partial charge in [0.1, 0.15) is 0 Å². The Morgan fingerprint density at radius 2 is 1.96 bits per heavy atom. The maximum Gasteiger partial charge on any atom is 0.337 e. The highest BCUT2D eigenvalue weighted by Crippen LogP contribution is 2.49. The summed E-state index contributed by atoms with van der Waals surface area (Å²) in [5.41, 5.74) is 4.69. The quantitative estimate of drug-likeness (QED) is 0.636. The number of carboxylic acids is 1. The van der Waals surface area contributed by atoms with Crippen LogP contribution in [0.25, 0.3) is 0 Å². The van der Waals surface area contributed by atoms with Crippen LogP contribution in [0.5, 0.6) is 0 Å². The molecule has 0 fully saturated rings. The number of rotatable bonds is 4. The number of hydrogen-bond donors (Lipinski definition) is 2. The molecule has 3 atom stereocenters. The number of carboxylic acid groups (broad SMARTS) is 1. The normalized spacial score (nSPS) is 22.5. The van der Waals surface area contributed by atoms with Crippen molar-refractivity contribution in [1.29, 1.82) is 0 Å². The molecule has 0 radical (unpaired) electrons. The third kappa shape index (κ3) is 3.21. The van der Waals surface area contributed by atoms with Gasteiger partial charge in [-0.2, -0.15) is 0 Å². The summed E-state index contributed by atoms with van der Waals surface area (Å²) in [6.07, 6.45) is 5.42. The topological polar surface area (TPSA) is 75.6 Å². The molecule has 5 nitrogen and oxygen atoms in total. The van der Waals surface area contributed by atoms with Crippen LogP contribution in [0.2, 0.25) is 0 Å². The zero-order valence-corrected chi connectivity index (χ0v) is 15.0. The number of allylic oxidation sites excluding steroid dienone is 2. The van der Waals surface area contributed by atoms with Crippen molar-refractivity contribution in [3.63, 3.8) is 0 Å². The summed E-state index contributed by atoms with van der Waals surface area (Å²) in [6, 6.07) is 13.5. The highest BCUT2D eigenvalue weighted by Gasteiger charge is 2.37. The van der Waals surface area contributed by atoms with Crippen LogP contribution in [0.15, 0.2) is 54.6 Å². The van der Waals surface area contributed by atoms with Crippen LogP contribution in [0.4, 0.5) is 5.69 Å². The molecule has 0 saturated heterocycles. The lowest BCUT2D eigenvalue weighted by atomic mass is 9.76. The predicted octanol–water partition coefficient (Wildman–Crippen LogP) is 3.93. The Morgan fingerprint density at radius 3 is 2.67 bits per heavy atom. The third-order valence-electron chi connectivity index (χ3n) is 5.47. The minimum atomic E-state index is -0.819. The lowest BCUT2D eigenvalue weighted by molar-refractivity contribution is -0.136. The molecule has 5 heteroatoms. The molecule has 1 aliphatic heterocycles. The Labute approximate surface area is 157 Å². The van der Waals surface area contributed by atoms with Gasteiger partial charge in [0.15, 0.2) is 0 Å². The Hall–Kier alpha value is -3.08. The molecule has 2 N–H and O–H groups in total. The van der Waals surface area contributed by atoms with Gasteiger partial charge in [0.25, 0.3) is 0 Å². The summed E-state index contributed by atoms with van der Waals surface area (Å²) in [5.74, 6) is -0.530. The van der Waals surface area contributed by atoms with Gasteiger partial charge in [-0.05, 0) is 47.2 Å². The number of carbonyl (C=O) groups excluding carboxylic acids is 1. The maximum absolute atomic E-state index is 11.7. The Kier molecular flexibility index (Phi) is 4.44. The van der Waals surface area contributed by atoms with Crippen LogP contribution in [0.3, 0.4) is 0 Å². The smallest absolute Gasteiger partial charge is 0.337 e. The van der Waals surface area contributed by atoms with Crippen LogP contribution < -0.4 is 5.32 Å². The average Bonchev–Trinajstić information content (AvgIpc) is 3.17. The van der Waals surface area contributed by atoms with E-state index in [4.69, 9.17) is 9.84 Å². The maximum atomic E-state index is 11.7. The van der Waals surface area contributed by atoms with Gasteiger partial charge in [0, 0.05) is 11.6 Å². The Morgan fingerprint density at radius 1 is 1.19 bits per heavy atom. The van der Waals surface area contributed by atoms with Crippen molar-refractivity contribution < 1.29 is 19.4 Å². The van der Waals surface area contributed by atoms with E-state index in [1.165, 1.54) is 7.11 Å². The highest BCUT2D eigenvalue weighted by molar-refractivity contribution is 5.89. The van der Waals surface area contributed by atoms with E-state index in [0.717, 1.165) is 28.8 Å². The number of benzene rings is 2. The summed E-state index contributed by atoms with van der Waals surface area (Å²) >= 11 is 0. The zero-order valence-electron chi connectivity index (χ0n) is 15.0. The second-order valence-electron chi connectivity index (χ2n) is 7.08. The number of hydrogen-bond acceptors (Lipinski definition) is 4. The molecule has 0 bridgehead atoms. The van der Waals surface area contributed by atoms with Crippen molar-refractivity contribution in [2.24, 2.45) is 5.92 Å².